The van der Waals surface area contributed by atoms with E-state index in [2.05, 4.69) is 92.1 Å². The van der Waals surface area contributed by atoms with Crippen molar-refractivity contribution in [1.29, 1.82) is 0 Å². The molecule has 2 N–H and O–H groups in total. The van der Waals surface area contributed by atoms with Gasteiger partial charge in [-0.15, -0.1) is 0 Å². The Balaban J connectivity index is 1.47. The normalized spacial score (nSPS) is 34.1. The molecule has 198 valence electrons. The molecule has 1 aliphatic heterocycles. The van der Waals surface area contributed by atoms with Gasteiger partial charge in [0.15, 0.2) is 0 Å². The molecule has 0 radical (unpaired) electrons. The fourth-order valence-electron chi connectivity index (χ4n) is 8.29. The average Bonchev–Trinajstić information content (AvgIpc) is 3.35. The highest BCUT2D eigenvalue weighted by Crippen LogP contribution is 2.72. The van der Waals surface area contributed by atoms with Gasteiger partial charge < -0.3 is 19.8 Å². The zero-order chi connectivity index (χ0) is 26.2. The maximum Gasteiger partial charge on any atom is 0.408 e. The van der Waals surface area contributed by atoms with Crippen molar-refractivity contribution in [3.05, 3.63) is 60.7 Å². The van der Waals surface area contributed by atoms with Crippen LogP contribution in [-0.2, 0) is 9.16 Å². The van der Waals surface area contributed by atoms with Crippen LogP contribution in [0.2, 0.25) is 5.04 Å². The lowest BCUT2D eigenvalue weighted by molar-refractivity contribution is 0.0237. The minimum Gasteiger partial charge on any atom is -0.444 e. The van der Waals surface area contributed by atoms with E-state index < -0.39 is 13.9 Å². The molecule has 2 aromatic carbocycles. The Bertz CT molecular complexity index is 1120. The molecule has 1 heterocycles. The van der Waals surface area contributed by atoms with Crippen molar-refractivity contribution in [2.75, 3.05) is 6.54 Å². The lowest BCUT2D eigenvalue weighted by Crippen LogP contribution is -2.72. The van der Waals surface area contributed by atoms with Crippen LogP contribution < -0.4 is 21.0 Å². The first kappa shape index (κ1) is 25.1. The maximum absolute atomic E-state index is 13.3. The molecule has 6 heteroatoms. The van der Waals surface area contributed by atoms with E-state index >= 15 is 0 Å². The van der Waals surface area contributed by atoms with Crippen molar-refractivity contribution < 1.29 is 14.0 Å². The molecular weight excluding hydrogens is 476 g/mol. The molecule has 5 nitrogen and oxygen atoms in total. The number of carbonyl (C=O) groups excluding carboxylic acids is 1. The number of fused-ring (bicyclic) bond motifs is 2. The molecule has 37 heavy (non-hydrogen) atoms. The first-order valence-corrected chi connectivity index (χ1v) is 15.9. The van der Waals surface area contributed by atoms with Crippen LogP contribution in [-0.4, -0.2) is 44.2 Å². The van der Waals surface area contributed by atoms with E-state index in [0.717, 1.165) is 13.0 Å². The van der Waals surface area contributed by atoms with E-state index in [9.17, 15) is 4.79 Å². The standard InChI is InChI=1S/C31H42N2O3Si/c1-29(2,3)35-28(34)33-31-24-18-20-17-23(25(24)31)26(32-19-20)27(31)36-37(30(4,5)6,21-13-9-7-10-14-21)22-15-11-8-12-16-22/h7-16,20,23-27,32H,17-19H2,1-6H3,(H,33,34)/t20?,23?,24?,25?,26?,27-,31?/m1/s1. The van der Waals surface area contributed by atoms with Crippen molar-refractivity contribution in [2.45, 2.75) is 82.7 Å². The van der Waals surface area contributed by atoms with Gasteiger partial charge in [-0.3, -0.25) is 0 Å². The first-order valence-electron chi connectivity index (χ1n) is 14.0. The summed E-state index contributed by atoms with van der Waals surface area (Å²) in [4.78, 5) is 13.3. The van der Waals surface area contributed by atoms with Gasteiger partial charge in [0.25, 0.3) is 8.32 Å². The van der Waals surface area contributed by atoms with Crippen LogP contribution in [0.25, 0.3) is 0 Å². The summed E-state index contributed by atoms with van der Waals surface area (Å²) in [6, 6.07) is 22.0. The SMILES string of the molecule is CC(C)(C)OC(=O)NC12C3CC4CNC(C(C4)C31)[C@H]2O[Si](c1ccccc1)(c1ccccc1)C(C)(C)C. The molecule has 0 spiro atoms. The third-order valence-electron chi connectivity index (χ3n) is 9.48. The quantitative estimate of drug-likeness (QED) is 0.574. The van der Waals surface area contributed by atoms with Crippen molar-refractivity contribution >= 4 is 24.8 Å². The van der Waals surface area contributed by atoms with Gasteiger partial charge in [0.2, 0.25) is 0 Å². The summed E-state index contributed by atoms with van der Waals surface area (Å²) in [5, 5.41) is 9.81. The Hall–Kier alpha value is -2.15. The fourth-order valence-corrected chi connectivity index (χ4v) is 13.0. The van der Waals surface area contributed by atoms with Crippen LogP contribution >= 0.6 is 0 Å². The number of piperidine rings is 1. The summed E-state index contributed by atoms with van der Waals surface area (Å²) in [7, 11) is -2.80. The smallest absolute Gasteiger partial charge is 0.408 e. The van der Waals surface area contributed by atoms with Crippen molar-refractivity contribution in [3.63, 3.8) is 0 Å². The largest absolute Gasteiger partial charge is 0.444 e. The lowest BCUT2D eigenvalue weighted by Gasteiger charge is -2.50. The lowest BCUT2D eigenvalue weighted by atomic mass is 9.73. The molecule has 2 bridgehead atoms. The average molecular weight is 519 g/mol. The number of hydrogen-bond donors (Lipinski definition) is 2. The Kier molecular flexibility index (Phi) is 5.72. The van der Waals surface area contributed by atoms with E-state index in [1.165, 1.54) is 16.8 Å². The number of alkyl carbamates (subject to hydrolysis) is 1. The van der Waals surface area contributed by atoms with Gasteiger partial charge >= 0.3 is 6.09 Å². The highest BCUT2D eigenvalue weighted by atomic mass is 28.4. The molecular formula is C31H42N2O3Si. The monoisotopic (exact) mass is 518 g/mol. The van der Waals surface area contributed by atoms with Crippen LogP contribution in [0.5, 0.6) is 0 Å². The van der Waals surface area contributed by atoms with Gasteiger partial charge in [0.1, 0.15) is 5.60 Å². The zero-order valence-electron chi connectivity index (χ0n) is 23.1. The Labute approximate surface area is 222 Å². The second-order valence-electron chi connectivity index (χ2n) is 13.8. The van der Waals surface area contributed by atoms with Crippen LogP contribution in [0.15, 0.2) is 60.7 Å². The molecule has 6 unspecified atom stereocenters. The first-order chi connectivity index (χ1) is 17.5. The predicted octanol–water partition coefficient (Wildman–Crippen LogP) is 4.45. The van der Waals surface area contributed by atoms with E-state index in [0.29, 0.717) is 23.7 Å². The molecule has 3 aliphatic carbocycles. The number of rotatable bonds is 5. The van der Waals surface area contributed by atoms with E-state index in [4.69, 9.17) is 9.16 Å². The third kappa shape index (κ3) is 3.82. The number of hydrogen-bond acceptors (Lipinski definition) is 4. The van der Waals surface area contributed by atoms with Gasteiger partial charge in [-0.25, -0.2) is 4.79 Å². The maximum atomic E-state index is 13.3. The van der Waals surface area contributed by atoms with Gasteiger partial charge in [-0.1, -0.05) is 81.4 Å². The summed E-state index contributed by atoms with van der Waals surface area (Å²) in [6.45, 7) is 13.8. The second-order valence-corrected chi connectivity index (χ2v) is 18.1. The van der Waals surface area contributed by atoms with Crippen molar-refractivity contribution in [3.8, 4) is 0 Å². The number of carbonyl (C=O) groups is 1. The summed E-state index contributed by atoms with van der Waals surface area (Å²) in [5.41, 5.74) is -0.905. The summed E-state index contributed by atoms with van der Waals surface area (Å²) in [5.74, 6) is 2.15. The van der Waals surface area contributed by atoms with Crippen molar-refractivity contribution in [1.82, 2.24) is 10.6 Å². The topological polar surface area (TPSA) is 59.6 Å². The molecule has 4 fully saturated rings. The van der Waals surface area contributed by atoms with Crippen LogP contribution in [0.3, 0.4) is 0 Å². The Morgan fingerprint density at radius 2 is 1.54 bits per heavy atom. The second kappa shape index (κ2) is 8.42. The van der Waals surface area contributed by atoms with Gasteiger partial charge in [-0.05, 0) is 79.2 Å². The fraction of sp³-hybridized carbons (Fsp3) is 0.581. The number of benzene rings is 2. The van der Waals surface area contributed by atoms with Crippen LogP contribution in [0, 0.1) is 23.7 Å². The molecule has 6 rings (SSSR count). The molecule has 0 aromatic heterocycles. The minimum absolute atomic E-state index is 0.104. The van der Waals surface area contributed by atoms with Crippen LogP contribution in [0.1, 0.15) is 54.4 Å². The minimum atomic E-state index is -2.80. The zero-order valence-corrected chi connectivity index (χ0v) is 24.1. The molecule has 7 atom stereocenters. The number of nitrogens with one attached hydrogen (secondary N) is 2. The third-order valence-corrected chi connectivity index (χ3v) is 14.5. The van der Waals surface area contributed by atoms with Gasteiger partial charge in [0.05, 0.1) is 11.6 Å². The summed E-state index contributed by atoms with van der Waals surface area (Å²) >= 11 is 0. The molecule has 4 aliphatic rings. The summed E-state index contributed by atoms with van der Waals surface area (Å²) < 4.78 is 13.6. The van der Waals surface area contributed by atoms with Crippen molar-refractivity contribution in [2.24, 2.45) is 23.7 Å². The highest BCUT2D eigenvalue weighted by molar-refractivity contribution is 6.99. The highest BCUT2D eigenvalue weighted by Gasteiger charge is 2.82. The van der Waals surface area contributed by atoms with Gasteiger partial charge in [0, 0.05) is 6.04 Å². The van der Waals surface area contributed by atoms with E-state index in [-0.39, 0.29) is 28.8 Å². The Morgan fingerprint density at radius 3 is 2.08 bits per heavy atom. The number of amides is 1. The molecule has 2 aromatic rings. The molecule has 1 saturated heterocycles. The van der Waals surface area contributed by atoms with E-state index in [1.807, 2.05) is 20.8 Å². The molecule has 1 amide bonds. The van der Waals surface area contributed by atoms with Crippen LogP contribution in [0.4, 0.5) is 4.79 Å². The molecule has 3 saturated carbocycles. The Morgan fingerprint density at radius 1 is 0.946 bits per heavy atom. The van der Waals surface area contributed by atoms with Gasteiger partial charge in [-0.2, -0.15) is 0 Å². The van der Waals surface area contributed by atoms with E-state index in [1.54, 1.807) is 0 Å². The number of ether oxygens (including phenoxy) is 1. The predicted molar refractivity (Wildman–Crippen MR) is 150 cm³/mol. The summed E-state index contributed by atoms with van der Waals surface area (Å²) in [6.07, 6.45) is 1.97.